The van der Waals surface area contributed by atoms with Crippen molar-refractivity contribution in [3.63, 3.8) is 0 Å². The number of carboxylic acids is 1. The average Bonchev–Trinajstić information content (AvgIpc) is 3.63. The van der Waals surface area contributed by atoms with Gasteiger partial charge >= 0.3 is 5.97 Å². The second-order valence-corrected chi connectivity index (χ2v) is 15.1. The fraction of sp³-hybridized carbons (Fsp3) is 0.487. The molecule has 1 aromatic heterocycles. The molecule has 0 spiro atoms. The first-order valence-corrected chi connectivity index (χ1v) is 18.7. The number of methoxy groups -OCH3 is 3. The molecule has 3 fully saturated rings. The summed E-state index contributed by atoms with van der Waals surface area (Å²) in [5.41, 5.74) is 4.29. The molecule has 0 bridgehead atoms. The van der Waals surface area contributed by atoms with Gasteiger partial charge in [0, 0.05) is 49.6 Å². The number of halogens is 2. The van der Waals surface area contributed by atoms with Crippen LogP contribution in [0.25, 0.3) is 0 Å². The summed E-state index contributed by atoms with van der Waals surface area (Å²) in [7, 11) is 4.57. The number of hydrogen-bond acceptors (Lipinski definition) is 9. The molecule has 2 amide bonds. The number of benzene rings is 2. The number of carbonyl (C=O) groups excluding carboxylic acids is 2. The molecular weight excluding hydrogens is 721 g/mol. The van der Waals surface area contributed by atoms with E-state index in [1.165, 1.54) is 21.3 Å². The van der Waals surface area contributed by atoms with Gasteiger partial charge in [-0.3, -0.25) is 24.8 Å². The van der Waals surface area contributed by atoms with Crippen LogP contribution in [0.5, 0.6) is 17.2 Å². The Morgan fingerprint density at radius 2 is 1.58 bits per heavy atom. The Labute approximate surface area is 320 Å². The van der Waals surface area contributed by atoms with Crippen molar-refractivity contribution in [1.82, 2.24) is 25.2 Å². The summed E-state index contributed by atoms with van der Waals surface area (Å²) < 4.78 is 16.5. The first-order valence-electron chi connectivity index (χ1n) is 18.0. The number of hydrogen-bond donors (Lipinski definition) is 2. The summed E-state index contributed by atoms with van der Waals surface area (Å²) in [5, 5.41) is 12.3. The molecule has 14 heteroatoms. The summed E-state index contributed by atoms with van der Waals surface area (Å²) in [6.45, 7) is 4.02. The second kappa shape index (κ2) is 16.5. The number of nitrogens with zero attached hydrogens (tertiary/aromatic N) is 4. The molecule has 284 valence electrons. The molecule has 3 saturated heterocycles. The van der Waals surface area contributed by atoms with E-state index in [9.17, 15) is 19.5 Å². The van der Waals surface area contributed by atoms with Gasteiger partial charge in [0.15, 0.2) is 11.5 Å². The van der Waals surface area contributed by atoms with Crippen molar-refractivity contribution in [2.75, 3.05) is 67.1 Å². The highest BCUT2D eigenvalue weighted by Crippen LogP contribution is 2.43. The number of carboxylic acid groups (broad SMARTS) is 1. The summed E-state index contributed by atoms with van der Waals surface area (Å²) in [6, 6.07) is 12.9. The lowest BCUT2D eigenvalue weighted by Gasteiger charge is -2.43. The molecule has 2 aromatic carbocycles. The fourth-order valence-electron chi connectivity index (χ4n) is 8.22. The number of amides is 2. The Bertz CT molecular complexity index is 1780. The molecule has 2 atom stereocenters. The lowest BCUT2D eigenvalue weighted by Crippen LogP contribution is -2.57. The highest BCUT2D eigenvalue weighted by molar-refractivity contribution is 6.42. The number of pyridine rings is 1. The van der Waals surface area contributed by atoms with Crippen LogP contribution in [0.2, 0.25) is 10.0 Å². The molecule has 0 aliphatic carbocycles. The number of piperidine rings is 2. The van der Waals surface area contributed by atoms with Crippen LogP contribution in [0.3, 0.4) is 0 Å². The number of rotatable bonds is 12. The van der Waals surface area contributed by atoms with E-state index in [1.54, 1.807) is 29.5 Å². The van der Waals surface area contributed by atoms with Crippen molar-refractivity contribution in [2.24, 2.45) is 5.92 Å². The highest BCUT2D eigenvalue weighted by Gasteiger charge is 2.46. The van der Waals surface area contributed by atoms with Gasteiger partial charge in [-0.15, -0.1) is 0 Å². The Morgan fingerprint density at radius 3 is 2.21 bits per heavy atom. The van der Waals surface area contributed by atoms with Crippen LogP contribution in [0.1, 0.15) is 60.0 Å². The zero-order valence-electron chi connectivity index (χ0n) is 30.4. The number of likely N-dealkylation sites (tertiary alicyclic amines) is 2. The van der Waals surface area contributed by atoms with Crippen LogP contribution in [0.15, 0.2) is 54.9 Å². The number of carbonyl (C=O) groups is 3. The number of aliphatic carboxylic acids is 1. The lowest BCUT2D eigenvalue weighted by atomic mass is 9.72. The Hall–Kier alpha value is -4.10. The van der Waals surface area contributed by atoms with Crippen LogP contribution in [-0.4, -0.2) is 110 Å². The van der Waals surface area contributed by atoms with Crippen LogP contribution in [0, 0.1) is 5.92 Å². The van der Waals surface area contributed by atoms with Gasteiger partial charge in [-0.1, -0.05) is 29.3 Å². The van der Waals surface area contributed by atoms with E-state index in [2.05, 4.69) is 15.3 Å². The minimum atomic E-state index is -0.837. The minimum absolute atomic E-state index is 0.113. The van der Waals surface area contributed by atoms with Gasteiger partial charge in [0.05, 0.1) is 42.7 Å². The Kier molecular flexibility index (Phi) is 12.0. The van der Waals surface area contributed by atoms with Crippen molar-refractivity contribution in [3.8, 4) is 17.2 Å². The molecule has 12 nitrogen and oxygen atoms in total. The lowest BCUT2D eigenvalue weighted by molar-refractivity contribution is -0.146. The van der Waals surface area contributed by atoms with E-state index in [0.717, 1.165) is 30.5 Å². The Balaban J connectivity index is 1.19. The van der Waals surface area contributed by atoms with Crippen molar-refractivity contribution in [1.29, 1.82) is 0 Å². The third-order valence-electron chi connectivity index (χ3n) is 11.4. The van der Waals surface area contributed by atoms with Gasteiger partial charge in [-0.2, -0.15) is 0 Å². The molecular formula is C39H47Cl2N5O7. The van der Waals surface area contributed by atoms with E-state index < -0.39 is 22.7 Å². The fourth-order valence-corrected chi connectivity index (χ4v) is 8.52. The van der Waals surface area contributed by atoms with Gasteiger partial charge in [0.1, 0.15) is 0 Å². The van der Waals surface area contributed by atoms with Crippen molar-refractivity contribution in [3.05, 3.63) is 81.6 Å². The maximum Gasteiger partial charge on any atom is 0.307 e. The topological polar surface area (TPSA) is 134 Å². The van der Waals surface area contributed by atoms with E-state index >= 15 is 0 Å². The first kappa shape index (κ1) is 38.6. The minimum Gasteiger partial charge on any atom is -0.493 e. The van der Waals surface area contributed by atoms with Crippen molar-refractivity contribution in [2.45, 2.75) is 49.4 Å². The van der Waals surface area contributed by atoms with Gasteiger partial charge in [-0.25, -0.2) is 5.01 Å². The van der Waals surface area contributed by atoms with E-state index in [0.29, 0.717) is 91.3 Å². The summed E-state index contributed by atoms with van der Waals surface area (Å²) in [5.74, 6) is -0.355. The molecule has 4 heterocycles. The third kappa shape index (κ3) is 8.06. The number of hydrazine groups is 1. The van der Waals surface area contributed by atoms with Crippen molar-refractivity contribution >= 4 is 41.0 Å². The maximum absolute atomic E-state index is 14.1. The summed E-state index contributed by atoms with van der Waals surface area (Å²) in [4.78, 5) is 48.3. The van der Waals surface area contributed by atoms with Gasteiger partial charge in [-0.05, 0) is 106 Å². The molecule has 0 radical (unpaired) electrons. The van der Waals surface area contributed by atoms with Crippen molar-refractivity contribution < 1.29 is 33.7 Å². The zero-order chi connectivity index (χ0) is 37.8. The number of nitrogens with one attached hydrogen (secondary N) is 1. The number of aromatic nitrogens is 1. The zero-order valence-corrected chi connectivity index (χ0v) is 31.9. The van der Waals surface area contributed by atoms with Gasteiger partial charge < -0.3 is 29.1 Å². The quantitative estimate of drug-likeness (QED) is 0.245. The molecule has 2 unspecified atom stereocenters. The molecule has 53 heavy (non-hydrogen) atoms. The normalized spacial score (nSPS) is 21.9. The third-order valence-corrected chi connectivity index (χ3v) is 12.1. The van der Waals surface area contributed by atoms with Crippen LogP contribution >= 0.6 is 23.2 Å². The first-order chi connectivity index (χ1) is 25.5. The molecule has 2 N–H and O–H groups in total. The predicted octanol–water partition coefficient (Wildman–Crippen LogP) is 5.45. The maximum atomic E-state index is 14.1. The van der Waals surface area contributed by atoms with Crippen LogP contribution in [0.4, 0.5) is 0 Å². The van der Waals surface area contributed by atoms with Crippen LogP contribution in [-0.2, 0) is 20.4 Å². The molecule has 0 saturated carbocycles. The number of ether oxygens (including phenoxy) is 3. The van der Waals surface area contributed by atoms with E-state index in [1.807, 2.05) is 35.2 Å². The Morgan fingerprint density at radius 1 is 0.887 bits per heavy atom. The average molecular weight is 769 g/mol. The molecule has 3 aliphatic heterocycles. The van der Waals surface area contributed by atoms with E-state index in [4.69, 9.17) is 37.4 Å². The monoisotopic (exact) mass is 767 g/mol. The smallest absolute Gasteiger partial charge is 0.307 e. The standard InChI is InChI=1S/C39H47Cl2N5O7/c1-51-32-21-27(22-33(52-2)34(32)53-3)35(47)45-20-11-38(25-45,29-6-7-30(40)31(41)23-29)10-17-44-18-12-39(13-19-44,28-8-14-42-15-9-28)37(50)43-46-16-4-5-26(24-46)36(48)49/h6-9,14-15,21-23,26H,4-5,10-13,16-20,24-25H2,1-3H3,(H,43,50)(H,48,49). The van der Waals surface area contributed by atoms with Gasteiger partial charge in [0.25, 0.3) is 5.91 Å². The predicted molar refractivity (Wildman–Crippen MR) is 201 cm³/mol. The SMILES string of the molecule is COc1cc(C(=O)N2CCC(CCN3CCC(C(=O)NN4CCCC(C(=O)O)C4)(c4ccncc4)CC3)(c3ccc(Cl)c(Cl)c3)C2)cc(OC)c1OC. The summed E-state index contributed by atoms with van der Waals surface area (Å²) >= 11 is 12.9. The second-order valence-electron chi connectivity index (χ2n) is 14.3. The van der Waals surface area contributed by atoms with E-state index in [-0.39, 0.29) is 18.4 Å². The summed E-state index contributed by atoms with van der Waals surface area (Å²) in [6.07, 6.45) is 7.39. The molecule has 3 aliphatic rings. The van der Waals surface area contributed by atoms with Gasteiger partial charge in [0.2, 0.25) is 11.7 Å². The molecule has 3 aromatic rings. The largest absolute Gasteiger partial charge is 0.493 e. The van der Waals surface area contributed by atoms with Crippen LogP contribution < -0.4 is 19.6 Å². The highest BCUT2D eigenvalue weighted by atomic mass is 35.5. The molecule has 6 rings (SSSR count).